The minimum absolute atomic E-state index is 0.877. The number of hydrogen-bond acceptors (Lipinski definition) is 7. The standard InChI is InChI=1S/C4H6N2S2.C4H6N2S/c1-3-5-4(7-2)6-8-3;1-3-5-4(2)7-6-3/h1-2H3;1-2H3. The Morgan fingerprint density at radius 2 is 1.53 bits per heavy atom. The van der Waals surface area contributed by atoms with Crippen LogP contribution in [-0.4, -0.2) is 25.0 Å². The first-order chi connectivity index (χ1) is 7.11. The van der Waals surface area contributed by atoms with E-state index in [9.17, 15) is 0 Å². The van der Waals surface area contributed by atoms with Crippen molar-refractivity contribution in [1.29, 1.82) is 0 Å². The van der Waals surface area contributed by atoms with E-state index in [4.69, 9.17) is 0 Å². The summed E-state index contributed by atoms with van der Waals surface area (Å²) in [5.74, 6) is 0.877. The summed E-state index contributed by atoms with van der Waals surface area (Å²) in [6.45, 7) is 5.80. The van der Waals surface area contributed by atoms with E-state index in [-0.39, 0.29) is 0 Å². The molecule has 0 saturated heterocycles. The van der Waals surface area contributed by atoms with Crippen LogP contribution in [-0.2, 0) is 0 Å². The lowest BCUT2D eigenvalue weighted by Gasteiger charge is -1.76. The Balaban J connectivity index is 0.000000151. The molecule has 2 aromatic heterocycles. The van der Waals surface area contributed by atoms with Crippen molar-refractivity contribution in [2.75, 3.05) is 6.26 Å². The Labute approximate surface area is 102 Å². The van der Waals surface area contributed by atoms with Gasteiger partial charge in [0.2, 0.25) is 0 Å². The molecule has 7 heteroatoms. The zero-order valence-corrected chi connectivity index (χ0v) is 11.5. The molecule has 15 heavy (non-hydrogen) atoms. The highest BCUT2D eigenvalue weighted by Gasteiger charge is 1.94. The second kappa shape index (κ2) is 6.14. The molecule has 82 valence electrons. The van der Waals surface area contributed by atoms with Crippen LogP contribution in [0, 0.1) is 20.8 Å². The van der Waals surface area contributed by atoms with E-state index >= 15 is 0 Å². The summed E-state index contributed by atoms with van der Waals surface area (Å²) in [7, 11) is 0. The molecule has 0 radical (unpaired) electrons. The van der Waals surface area contributed by atoms with Crippen LogP contribution >= 0.6 is 34.8 Å². The van der Waals surface area contributed by atoms with E-state index in [1.807, 2.05) is 27.0 Å². The molecule has 0 amide bonds. The lowest BCUT2D eigenvalue weighted by Crippen LogP contribution is -1.70. The van der Waals surface area contributed by atoms with E-state index in [0.717, 1.165) is 21.0 Å². The molecular weight excluding hydrogens is 248 g/mol. The van der Waals surface area contributed by atoms with Gasteiger partial charge in [0.15, 0.2) is 5.16 Å². The van der Waals surface area contributed by atoms with Gasteiger partial charge in [-0.3, -0.25) is 0 Å². The van der Waals surface area contributed by atoms with Crippen LogP contribution in [0.25, 0.3) is 0 Å². The quantitative estimate of drug-likeness (QED) is 0.738. The highest BCUT2D eigenvalue weighted by Crippen LogP contribution is 2.11. The predicted molar refractivity (Wildman–Crippen MR) is 65.8 cm³/mol. The molecule has 4 nitrogen and oxygen atoms in total. The first-order valence-corrected chi connectivity index (χ1v) is 7.00. The maximum atomic E-state index is 4.10. The van der Waals surface area contributed by atoms with E-state index < -0.39 is 0 Å². The normalized spacial score (nSPS) is 9.60. The Morgan fingerprint density at radius 3 is 1.73 bits per heavy atom. The third-order valence-electron chi connectivity index (χ3n) is 1.32. The number of aromatic nitrogens is 4. The molecule has 0 saturated carbocycles. The molecule has 0 bridgehead atoms. The van der Waals surface area contributed by atoms with Gasteiger partial charge in [0, 0.05) is 0 Å². The van der Waals surface area contributed by atoms with Crippen molar-refractivity contribution in [3.8, 4) is 0 Å². The van der Waals surface area contributed by atoms with Crippen molar-refractivity contribution in [1.82, 2.24) is 18.7 Å². The summed E-state index contributed by atoms with van der Waals surface area (Å²) in [5, 5.41) is 2.96. The fourth-order valence-corrected chi connectivity index (χ4v) is 2.32. The average molecular weight is 260 g/mol. The summed E-state index contributed by atoms with van der Waals surface area (Å²) >= 11 is 4.47. The topological polar surface area (TPSA) is 51.6 Å². The largest absolute Gasteiger partial charge is 0.225 e. The molecule has 0 fully saturated rings. The number of nitrogens with zero attached hydrogens (tertiary/aromatic N) is 4. The van der Waals surface area contributed by atoms with Gasteiger partial charge < -0.3 is 0 Å². The smallest absolute Gasteiger partial charge is 0.200 e. The zero-order chi connectivity index (χ0) is 11.3. The maximum Gasteiger partial charge on any atom is 0.200 e. The summed E-state index contributed by atoms with van der Waals surface area (Å²) < 4.78 is 7.97. The van der Waals surface area contributed by atoms with Crippen LogP contribution < -0.4 is 0 Å². The van der Waals surface area contributed by atoms with E-state index in [2.05, 4.69) is 18.7 Å². The van der Waals surface area contributed by atoms with Gasteiger partial charge in [-0.15, -0.1) is 0 Å². The van der Waals surface area contributed by atoms with Crippen LogP contribution in [0.5, 0.6) is 0 Å². The number of aryl methyl sites for hydroxylation is 3. The summed E-state index contributed by atoms with van der Waals surface area (Å²) in [6, 6.07) is 0. The summed E-state index contributed by atoms with van der Waals surface area (Å²) in [6.07, 6.45) is 1.97. The first-order valence-electron chi connectivity index (χ1n) is 4.23. The molecule has 0 N–H and O–H groups in total. The van der Waals surface area contributed by atoms with Gasteiger partial charge in [0.25, 0.3) is 0 Å². The van der Waals surface area contributed by atoms with E-state index in [1.165, 1.54) is 23.1 Å². The highest BCUT2D eigenvalue weighted by atomic mass is 32.2. The minimum atomic E-state index is 0.877. The second-order valence-corrected chi connectivity index (χ2v) is 5.35. The van der Waals surface area contributed by atoms with Gasteiger partial charge in [-0.05, 0) is 50.1 Å². The molecule has 0 unspecified atom stereocenters. The molecule has 0 atom stereocenters. The molecule has 2 heterocycles. The van der Waals surface area contributed by atoms with Crippen molar-refractivity contribution in [3.05, 3.63) is 15.8 Å². The van der Waals surface area contributed by atoms with Gasteiger partial charge >= 0.3 is 0 Å². The van der Waals surface area contributed by atoms with E-state index in [1.54, 1.807) is 11.8 Å². The van der Waals surface area contributed by atoms with E-state index in [0.29, 0.717) is 0 Å². The lowest BCUT2D eigenvalue weighted by molar-refractivity contribution is 1.05. The monoisotopic (exact) mass is 260 g/mol. The predicted octanol–water partition coefficient (Wildman–Crippen LogP) is 2.72. The molecule has 0 aliphatic heterocycles. The fourth-order valence-electron chi connectivity index (χ4n) is 0.764. The van der Waals surface area contributed by atoms with Gasteiger partial charge in [0.05, 0.1) is 0 Å². The molecule has 0 aliphatic carbocycles. The van der Waals surface area contributed by atoms with Gasteiger partial charge in [-0.2, -0.15) is 8.75 Å². The molecule has 0 aromatic carbocycles. The second-order valence-electron chi connectivity index (χ2n) is 2.66. The maximum absolute atomic E-state index is 4.10. The SMILES string of the molecule is CSc1nsc(C)n1.Cc1nsc(C)n1. The number of hydrogen-bond donors (Lipinski definition) is 0. The number of rotatable bonds is 1. The third-order valence-corrected chi connectivity index (χ3v) is 3.31. The minimum Gasteiger partial charge on any atom is -0.225 e. The van der Waals surface area contributed by atoms with Gasteiger partial charge in [-0.25, -0.2) is 9.97 Å². The lowest BCUT2D eigenvalue weighted by atomic mass is 10.7. The first kappa shape index (κ1) is 12.5. The molecular formula is C8H12N4S3. The van der Waals surface area contributed by atoms with Crippen molar-refractivity contribution in [2.45, 2.75) is 25.9 Å². The van der Waals surface area contributed by atoms with Crippen LogP contribution in [0.3, 0.4) is 0 Å². The van der Waals surface area contributed by atoms with Crippen LogP contribution in [0.2, 0.25) is 0 Å². The van der Waals surface area contributed by atoms with Crippen molar-refractivity contribution in [3.63, 3.8) is 0 Å². The average Bonchev–Trinajstić information content (AvgIpc) is 2.76. The molecule has 2 aromatic rings. The zero-order valence-electron chi connectivity index (χ0n) is 9.01. The number of thioether (sulfide) groups is 1. The Hall–Kier alpha value is -0.530. The summed E-state index contributed by atoms with van der Waals surface area (Å²) in [5.41, 5.74) is 0. The van der Waals surface area contributed by atoms with Crippen LogP contribution in [0.15, 0.2) is 5.16 Å². The van der Waals surface area contributed by atoms with Crippen LogP contribution in [0.4, 0.5) is 0 Å². The summed E-state index contributed by atoms with van der Waals surface area (Å²) in [4.78, 5) is 8.12. The fraction of sp³-hybridized carbons (Fsp3) is 0.500. The van der Waals surface area contributed by atoms with Gasteiger partial charge in [-0.1, -0.05) is 11.8 Å². The Kier molecular flexibility index (Phi) is 5.13. The van der Waals surface area contributed by atoms with Crippen LogP contribution in [0.1, 0.15) is 15.8 Å². The van der Waals surface area contributed by atoms with Crippen molar-refractivity contribution >= 4 is 34.8 Å². The molecule has 0 spiro atoms. The molecule has 0 aliphatic rings. The third kappa shape index (κ3) is 4.67. The van der Waals surface area contributed by atoms with Crippen molar-refractivity contribution in [2.24, 2.45) is 0 Å². The molecule has 2 rings (SSSR count). The highest BCUT2D eigenvalue weighted by molar-refractivity contribution is 7.98. The Morgan fingerprint density at radius 1 is 0.933 bits per heavy atom. The van der Waals surface area contributed by atoms with Gasteiger partial charge in [0.1, 0.15) is 15.8 Å². The van der Waals surface area contributed by atoms with Crippen molar-refractivity contribution < 1.29 is 0 Å². The Bertz CT molecular complexity index is 393.